The summed E-state index contributed by atoms with van der Waals surface area (Å²) in [5.41, 5.74) is -2.19. The molecule has 16 heavy (non-hydrogen) atoms. The molecule has 0 fully saturated rings. The predicted molar refractivity (Wildman–Crippen MR) is 48.9 cm³/mol. The van der Waals surface area contributed by atoms with Crippen molar-refractivity contribution < 1.29 is 33.4 Å². The maximum Gasteiger partial charge on any atom is 0.316 e. The zero-order valence-electron chi connectivity index (χ0n) is 8.99. The van der Waals surface area contributed by atoms with Gasteiger partial charge in [-0.05, 0) is 0 Å². The van der Waals surface area contributed by atoms with Gasteiger partial charge in [0.15, 0.2) is 0 Å². The number of methoxy groups -OCH3 is 1. The van der Waals surface area contributed by atoms with Crippen LogP contribution in [-0.2, 0) is 23.9 Å². The Morgan fingerprint density at radius 2 is 1.75 bits per heavy atom. The van der Waals surface area contributed by atoms with E-state index in [1.807, 2.05) is 0 Å². The number of hydrogen-bond donors (Lipinski definition) is 1. The Kier molecular flexibility index (Phi) is 5.59. The molecule has 0 aromatic rings. The number of rotatable bonds is 5. The summed E-state index contributed by atoms with van der Waals surface area (Å²) in [6.07, 6.45) is -1.48. The number of halogens is 1. The maximum absolute atomic E-state index is 12.5. The summed E-state index contributed by atoms with van der Waals surface area (Å²) >= 11 is 0. The van der Waals surface area contributed by atoms with Crippen molar-refractivity contribution in [2.45, 2.75) is 25.4 Å². The highest BCUT2D eigenvalue weighted by Crippen LogP contribution is 2.17. The molecule has 0 amide bonds. The van der Waals surface area contributed by atoms with E-state index in [0.29, 0.717) is 0 Å². The molecule has 0 saturated heterocycles. The van der Waals surface area contributed by atoms with E-state index in [4.69, 9.17) is 0 Å². The highest BCUT2D eigenvalue weighted by molar-refractivity contribution is 5.85. The first kappa shape index (κ1) is 14.5. The van der Waals surface area contributed by atoms with Crippen molar-refractivity contribution >= 4 is 17.9 Å². The van der Waals surface area contributed by atoms with Gasteiger partial charge in [-0.2, -0.15) is 0 Å². The van der Waals surface area contributed by atoms with E-state index < -0.39 is 43.0 Å². The van der Waals surface area contributed by atoms with Crippen molar-refractivity contribution in [3.63, 3.8) is 0 Å². The van der Waals surface area contributed by atoms with Crippen LogP contribution in [0, 0.1) is 0 Å². The molecular formula is C9H13FO6. The van der Waals surface area contributed by atoms with Crippen molar-refractivity contribution in [2.75, 3.05) is 13.8 Å². The molecule has 0 radical (unpaired) electrons. The third kappa shape index (κ3) is 5.40. The summed E-state index contributed by atoms with van der Waals surface area (Å²) < 4.78 is 20.8. The SMILES string of the molecule is COC(=O)CC(O)(CF)CC(=O)OC(C)=O. The number of aliphatic hydroxyl groups is 1. The number of esters is 3. The van der Waals surface area contributed by atoms with Gasteiger partial charge in [0.25, 0.3) is 0 Å². The fourth-order valence-electron chi connectivity index (χ4n) is 0.963. The molecule has 1 unspecified atom stereocenters. The second kappa shape index (κ2) is 6.16. The van der Waals surface area contributed by atoms with Crippen LogP contribution in [0.1, 0.15) is 19.8 Å². The van der Waals surface area contributed by atoms with E-state index in [9.17, 15) is 23.9 Å². The molecule has 0 aromatic heterocycles. The standard InChI is InChI=1S/C9H13FO6/c1-6(11)16-8(13)4-9(14,5-10)3-7(12)15-2/h14H,3-5H2,1-2H3. The molecule has 0 aliphatic carbocycles. The number of ether oxygens (including phenoxy) is 2. The molecule has 0 aromatic carbocycles. The molecule has 0 saturated carbocycles. The van der Waals surface area contributed by atoms with E-state index in [1.165, 1.54) is 0 Å². The molecule has 0 aliphatic heterocycles. The van der Waals surface area contributed by atoms with Crippen LogP contribution in [0.3, 0.4) is 0 Å². The van der Waals surface area contributed by atoms with Gasteiger partial charge in [0.05, 0.1) is 20.0 Å². The number of hydrogen-bond acceptors (Lipinski definition) is 6. The second-order valence-electron chi connectivity index (χ2n) is 3.25. The minimum absolute atomic E-state index is 0.687. The fraction of sp³-hybridized carbons (Fsp3) is 0.667. The molecular weight excluding hydrogens is 223 g/mol. The largest absolute Gasteiger partial charge is 0.469 e. The number of carbonyl (C=O) groups excluding carboxylic acids is 3. The molecule has 92 valence electrons. The smallest absolute Gasteiger partial charge is 0.316 e. The summed E-state index contributed by atoms with van der Waals surface area (Å²) in [6.45, 7) is -0.332. The van der Waals surface area contributed by atoms with E-state index in [0.717, 1.165) is 14.0 Å². The van der Waals surface area contributed by atoms with Crippen LogP contribution in [0.4, 0.5) is 4.39 Å². The molecule has 7 heteroatoms. The summed E-state index contributed by atoms with van der Waals surface area (Å²) in [4.78, 5) is 32.2. The van der Waals surface area contributed by atoms with Gasteiger partial charge in [-0.15, -0.1) is 0 Å². The fourth-order valence-corrected chi connectivity index (χ4v) is 0.963. The summed E-state index contributed by atoms with van der Waals surface area (Å²) in [7, 11) is 1.06. The number of alkyl halides is 1. The van der Waals surface area contributed by atoms with Crippen molar-refractivity contribution in [3.8, 4) is 0 Å². The summed E-state index contributed by atoms with van der Waals surface area (Å²) in [6, 6.07) is 0. The molecule has 1 atom stereocenters. The van der Waals surface area contributed by atoms with Gasteiger partial charge in [0.2, 0.25) is 0 Å². The van der Waals surface area contributed by atoms with Crippen molar-refractivity contribution in [2.24, 2.45) is 0 Å². The number of carbonyl (C=O) groups is 3. The van der Waals surface area contributed by atoms with Gasteiger partial charge in [-0.1, -0.05) is 0 Å². The van der Waals surface area contributed by atoms with Crippen LogP contribution < -0.4 is 0 Å². The summed E-state index contributed by atoms with van der Waals surface area (Å²) in [5.74, 6) is -2.84. The lowest BCUT2D eigenvalue weighted by Crippen LogP contribution is -2.38. The molecule has 0 heterocycles. The van der Waals surface area contributed by atoms with Crippen molar-refractivity contribution in [3.05, 3.63) is 0 Å². The van der Waals surface area contributed by atoms with Gasteiger partial charge in [-0.3, -0.25) is 14.4 Å². The topological polar surface area (TPSA) is 89.9 Å². The highest BCUT2D eigenvalue weighted by atomic mass is 19.1. The first-order valence-electron chi connectivity index (χ1n) is 4.39. The molecule has 0 bridgehead atoms. The van der Waals surface area contributed by atoms with Crippen LogP contribution in [0.15, 0.2) is 0 Å². The van der Waals surface area contributed by atoms with Crippen molar-refractivity contribution in [1.29, 1.82) is 0 Å². The molecule has 0 spiro atoms. The van der Waals surface area contributed by atoms with Gasteiger partial charge in [0, 0.05) is 6.92 Å². The molecule has 6 nitrogen and oxygen atoms in total. The van der Waals surface area contributed by atoms with E-state index >= 15 is 0 Å². The Morgan fingerprint density at radius 3 is 2.12 bits per heavy atom. The second-order valence-corrected chi connectivity index (χ2v) is 3.25. The van der Waals surface area contributed by atoms with Crippen LogP contribution in [0.5, 0.6) is 0 Å². The van der Waals surface area contributed by atoms with E-state index in [-0.39, 0.29) is 0 Å². The summed E-state index contributed by atoms with van der Waals surface area (Å²) in [5, 5.41) is 9.52. The lowest BCUT2D eigenvalue weighted by atomic mass is 9.97. The van der Waals surface area contributed by atoms with Gasteiger partial charge in [-0.25, -0.2) is 4.39 Å². The average molecular weight is 236 g/mol. The normalized spacial score (nSPS) is 13.8. The third-order valence-corrected chi connectivity index (χ3v) is 1.68. The predicted octanol–water partition coefficient (Wildman–Crippen LogP) is -0.270. The van der Waals surface area contributed by atoms with Gasteiger partial charge < -0.3 is 14.6 Å². The Labute approximate surface area is 91.3 Å². The van der Waals surface area contributed by atoms with Crippen LogP contribution >= 0.6 is 0 Å². The average Bonchev–Trinajstić information content (AvgIpc) is 2.15. The molecule has 0 aliphatic rings. The zero-order valence-corrected chi connectivity index (χ0v) is 8.99. The van der Waals surface area contributed by atoms with Crippen molar-refractivity contribution in [1.82, 2.24) is 0 Å². The maximum atomic E-state index is 12.5. The Hall–Kier alpha value is -1.50. The minimum atomic E-state index is -2.19. The first-order valence-corrected chi connectivity index (χ1v) is 4.39. The zero-order chi connectivity index (χ0) is 12.8. The van der Waals surface area contributed by atoms with E-state index in [1.54, 1.807) is 0 Å². The van der Waals surface area contributed by atoms with Crippen LogP contribution in [-0.4, -0.2) is 42.4 Å². The van der Waals surface area contributed by atoms with Crippen LogP contribution in [0.2, 0.25) is 0 Å². The Morgan fingerprint density at radius 1 is 1.25 bits per heavy atom. The van der Waals surface area contributed by atoms with Crippen LogP contribution in [0.25, 0.3) is 0 Å². The van der Waals surface area contributed by atoms with Gasteiger partial charge in [0.1, 0.15) is 12.3 Å². The molecule has 0 rings (SSSR count). The Bertz CT molecular complexity index is 290. The minimum Gasteiger partial charge on any atom is -0.469 e. The molecule has 1 N–H and O–H groups in total. The lowest BCUT2D eigenvalue weighted by molar-refractivity contribution is -0.163. The Balaban J connectivity index is 4.41. The highest BCUT2D eigenvalue weighted by Gasteiger charge is 2.34. The monoisotopic (exact) mass is 236 g/mol. The quantitative estimate of drug-likeness (QED) is 0.522. The third-order valence-electron chi connectivity index (χ3n) is 1.68. The van der Waals surface area contributed by atoms with Gasteiger partial charge >= 0.3 is 17.9 Å². The van der Waals surface area contributed by atoms with E-state index in [2.05, 4.69) is 9.47 Å². The lowest BCUT2D eigenvalue weighted by Gasteiger charge is -2.21. The first-order chi connectivity index (χ1) is 7.33.